The number of nitrogens with zero attached hydrogens (tertiary/aromatic N) is 4. The summed E-state index contributed by atoms with van der Waals surface area (Å²) in [6.45, 7) is 9.50. The topological polar surface area (TPSA) is 44.3 Å². The lowest BCUT2D eigenvalue weighted by molar-refractivity contribution is 0.312. The third-order valence-corrected chi connectivity index (χ3v) is 3.40. The average molecular weight is 249 g/mol. The number of anilines is 2. The van der Waals surface area contributed by atoms with Gasteiger partial charge in [-0.25, -0.2) is 9.97 Å². The minimum atomic E-state index is 0.958. The van der Waals surface area contributed by atoms with Crippen LogP contribution in [-0.4, -0.2) is 54.6 Å². The third kappa shape index (κ3) is 2.90. The Hall–Kier alpha value is -1.36. The zero-order chi connectivity index (χ0) is 13.0. The standard InChI is InChI=1S/C13H23N5/c1-4-5-14-12-11(2)13(16-10-15-12)18-8-6-17(3)7-9-18/h10H,4-9H2,1-3H3,(H,14,15,16). The summed E-state index contributed by atoms with van der Waals surface area (Å²) < 4.78 is 0. The fourth-order valence-corrected chi connectivity index (χ4v) is 2.20. The summed E-state index contributed by atoms with van der Waals surface area (Å²) in [5, 5.41) is 3.36. The van der Waals surface area contributed by atoms with Crippen LogP contribution in [0.5, 0.6) is 0 Å². The van der Waals surface area contributed by atoms with E-state index in [0.717, 1.165) is 56.3 Å². The molecular weight excluding hydrogens is 226 g/mol. The van der Waals surface area contributed by atoms with E-state index >= 15 is 0 Å². The zero-order valence-electron chi connectivity index (χ0n) is 11.6. The molecule has 1 saturated heterocycles. The van der Waals surface area contributed by atoms with Gasteiger partial charge in [0, 0.05) is 38.3 Å². The second-order valence-electron chi connectivity index (χ2n) is 4.89. The summed E-state index contributed by atoms with van der Waals surface area (Å²) in [5.41, 5.74) is 1.16. The molecular formula is C13H23N5. The molecule has 0 bridgehead atoms. The predicted molar refractivity (Wildman–Crippen MR) is 75.3 cm³/mol. The number of nitrogens with one attached hydrogen (secondary N) is 1. The molecule has 1 aliphatic heterocycles. The fourth-order valence-electron chi connectivity index (χ4n) is 2.20. The Morgan fingerprint density at radius 2 is 1.94 bits per heavy atom. The number of hydrogen-bond donors (Lipinski definition) is 1. The van der Waals surface area contributed by atoms with E-state index in [1.165, 1.54) is 0 Å². The van der Waals surface area contributed by atoms with E-state index in [2.05, 4.69) is 46.0 Å². The molecule has 0 unspecified atom stereocenters. The first-order valence-electron chi connectivity index (χ1n) is 6.71. The molecule has 0 radical (unpaired) electrons. The van der Waals surface area contributed by atoms with Crippen molar-refractivity contribution < 1.29 is 0 Å². The smallest absolute Gasteiger partial charge is 0.137 e. The van der Waals surface area contributed by atoms with Crippen LogP contribution in [0.1, 0.15) is 18.9 Å². The second-order valence-corrected chi connectivity index (χ2v) is 4.89. The van der Waals surface area contributed by atoms with Crippen molar-refractivity contribution in [1.82, 2.24) is 14.9 Å². The Labute approximate surface area is 109 Å². The van der Waals surface area contributed by atoms with Gasteiger partial charge in [-0.2, -0.15) is 0 Å². The first-order chi connectivity index (χ1) is 8.72. The van der Waals surface area contributed by atoms with E-state index in [1.807, 2.05) is 0 Å². The molecule has 0 atom stereocenters. The summed E-state index contributed by atoms with van der Waals surface area (Å²) >= 11 is 0. The number of piperazine rings is 1. The highest BCUT2D eigenvalue weighted by molar-refractivity contribution is 5.58. The van der Waals surface area contributed by atoms with Gasteiger partial charge in [0.25, 0.3) is 0 Å². The second kappa shape index (κ2) is 6.00. The van der Waals surface area contributed by atoms with Crippen LogP contribution < -0.4 is 10.2 Å². The number of likely N-dealkylation sites (N-methyl/N-ethyl adjacent to an activating group) is 1. The van der Waals surface area contributed by atoms with Gasteiger partial charge in [0.15, 0.2) is 0 Å². The third-order valence-electron chi connectivity index (χ3n) is 3.40. The minimum absolute atomic E-state index is 0.958. The van der Waals surface area contributed by atoms with Crippen LogP contribution in [0.4, 0.5) is 11.6 Å². The molecule has 0 aromatic carbocycles. The average Bonchev–Trinajstić information content (AvgIpc) is 2.39. The Morgan fingerprint density at radius 3 is 2.61 bits per heavy atom. The molecule has 5 nitrogen and oxygen atoms in total. The van der Waals surface area contributed by atoms with Crippen molar-refractivity contribution in [3.8, 4) is 0 Å². The van der Waals surface area contributed by atoms with Crippen molar-refractivity contribution >= 4 is 11.6 Å². The van der Waals surface area contributed by atoms with Crippen molar-refractivity contribution in [2.24, 2.45) is 0 Å². The van der Waals surface area contributed by atoms with Crippen LogP contribution in [0.2, 0.25) is 0 Å². The molecule has 1 aromatic rings. The van der Waals surface area contributed by atoms with Gasteiger partial charge in [0.05, 0.1) is 0 Å². The maximum Gasteiger partial charge on any atom is 0.137 e. The molecule has 2 heterocycles. The van der Waals surface area contributed by atoms with Crippen molar-refractivity contribution in [3.05, 3.63) is 11.9 Å². The lowest BCUT2D eigenvalue weighted by Gasteiger charge is -2.34. The molecule has 0 saturated carbocycles. The van der Waals surface area contributed by atoms with Crippen molar-refractivity contribution in [1.29, 1.82) is 0 Å². The summed E-state index contributed by atoms with van der Waals surface area (Å²) in [6.07, 6.45) is 2.77. The molecule has 1 N–H and O–H groups in total. The minimum Gasteiger partial charge on any atom is -0.370 e. The van der Waals surface area contributed by atoms with E-state index in [9.17, 15) is 0 Å². The maximum atomic E-state index is 4.45. The highest BCUT2D eigenvalue weighted by Crippen LogP contribution is 2.22. The highest BCUT2D eigenvalue weighted by atomic mass is 15.3. The molecule has 1 aliphatic rings. The number of hydrogen-bond acceptors (Lipinski definition) is 5. The molecule has 1 fully saturated rings. The van der Waals surface area contributed by atoms with Crippen LogP contribution in [0.3, 0.4) is 0 Å². The van der Waals surface area contributed by atoms with Gasteiger partial charge in [-0.15, -0.1) is 0 Å². The lowest BCUT2D eigenvalue weighted by atomic mass is 10.2. The molecule has 0 aliphatic carbocycles. The van der Waals surface area contributed by atoms with Gasteiger partial charge in [0.1, 0.15) is 18.0 Å². The molecule has 18 heavy (non-hydrogen) atoms. The van der Waals surface area contributed by atoms with Crippen LogP contribution in [0.15, 0.2) is 6.33 Å². The normalized spacial score (nSPS) is 16.9. The van der Waals surface area contributed by atoms with Gasteiger partial charge in [-0.1, -0.05) is 6.92 Å². The Bertz CT molecular complexity index is 385. The van der Waals surface area contributed by atoms with E-state index < -0.39 is 0 Å². The fraction of sp³-hybridized carbons (Fsp3) is 0.692. The molecule has 100 valence electrons. The molecule has 1 aromatic heterocycles. The van der Waals surface area contributed by atoms with E-state index in [0.29, 0.717) is 0 Å². The van der Waals surface area contributed by atoms with Crippen LogP contribution in [0, 0.1) is 6.92 Å². The summed E-state index contributed by atoms with van der Waals surface area (Å²) in [5.74, 6) is 2.05. The van der Waals surface area contributed by atoms with Gasteiger partial charge in [-0.05, 0) is 20.4 Å². The maximum absolute atomic E-state index is 4.45. The van der Waals surface area contributed by atoms with E-state index in [4.69, 9.17) is 0 Å². The van der Waals surface area contributed by atoms with Crippen molar-refractivity contribution in [3.63, 3.8) is 0 Å². The van der Waals surface area contributed by atoms with Crippen LogP contribution >= 0.6 is 0 Å². The number of rotatable bonds is 4. The SMILES string of the molecule is CCCNc1ncnc(N2CCN(C)CC2)c1C. The highest BCUT2D eigenvalue weighted by Gasteiger charge is 2.18. The Kier molecular flexibility index (Phi) is 4.36. The van der Waals surface area contributed by atoms with E-state index in [1.54, 1.807) is 6.33 Å². The van der Waals surface area contributed by atoms with Gasteiger partial charge >= 0.3 is 0 Å². The quantitative estimate of drug-likeness (QED) is 0.873. The molecule has 5 heteroatoms. The lowest BCUT2D eigenvalue weighted by Crippen LogP contribution is -2.45. The van der Waals surface area contributed by atoms with Gasteiger partial charge in [-0.3, -0.25) is 0 Å². The Balaban J connectivity index is 2.12. The first-order valence-corrected chi connectivity index (χ1v) is 6.71. The van der Waals surface area contributed by atoms with Crippen LogP contribution in [0.25, 0.3) is 0 Å². The molecule has 0 spiro atoms. The van der Waals surface area contributed by atoms with Gasteiger partial charge in [0.2, 0.25) is 0 Å². The Morgan fingerprint density at radius 1 is 1.22 bits per heavy atom. The first kappa shape index (κ1) is 13.1. The predicted octanol–water partition coefficient (Wildman–Crippen LogP) is 1.36. The van der Waals surface area contributed by atoms with Crippen molar-refractivity contribution in [2.45, 2.75) is 20.3 Å². The summed E-state index contributed by atoms with van der Waals surface area (Å²) in [6, 6.07) is 0. The zero-order valence-corrected chi connectivity index (χ0v) is 11.6. The monoisotopic (exact) mass is 249 g/mol. The van der Waals surface area contributed by atoms with Crippen LogP contribution in [-0.2, 0) is 0 Å². The molecule has 0 amide bonds. The van der Waals surface area contributed by atoms with E-state index in [-0.39, 0.29) is 0 Å². The number of aromatic nitrogens is 2. The largest absolute Gasteiger partial charge is 0.370 e. The summed E-state index contributed by atoms with van der Waals surface area (Å²) in [4.78, 5) is 13.5. The molecule has 2 rings (SSSR count). The summed E-state index contributed by atoms with van der Waals surface area (Å²) in [7, 11) is 2.17. The van der Waals surface area contributed by atoms with Gasteiger partial charge < -0.3 is 15.1 Å². The van der Waals surface area contributed by atoms with Crippen molar-refractivity contribution in [2.75, 3.05) is 50.0 Å².